The average molecular weight is 416 g/mol. The Bertz CT molecular complexity index is 1190. The molecule has 4 aromatic rings. The normalized spacial score (nSPS) is 18.9. The van der Waals surface area contributed by atoms with Crippen molar-refractivity contribution in [2.75, 3.05) is 6.54 Å². The summed E-state index contributed by atoms with van der Waals surface area (Å²) in [5.74, 6) is 2.04. The molecule has 0 atom stereocenters. The summed E-state index contributed by atoms with van der Waals surface area (Å²) in [6.45, 7) is 2.67. The van der Waals surface area contributed by atoms with Crippen molar-refractivity contribution in [3.05, 3.63) is 65.9 Å². The summed E-state index contributed by atoms with van der Waals surface area (Å²) in [5.41, 5.74) is 2.57. The standard InChI is InChI=1S/C24H24N4O3/c1-15-5-10-20-18(12-15)13-21(30-20)22(29)26-14-16-6-8-17(9-7-16)23-27-28-24(31-23)19-4-2-3-11-25-19/h2-5,10-13,16-17H,6-9,14H2,1H3,(H,26,29). The summed E-state index contributed by atoms with van der Waals surface area (Å²) in [5, 5.41) is 12.4. The van der Waals surface area contributed by atoms with E-state index in [-0.39, 0.29) is 11.8 Å². The number of furan rings is 1. The smallest absolute Gasteiger partial charge is 0.287 e. The molecule has 1 saturated carbocycles. The third-order valence-electron chi connectivity index (χ3n) is 5.97. The molecule has 1 aromatic carbocycles. The van der Waals surface area contributed by atoms with E-state index in [1.54, 1.807) is 6.20 Å². The van der Waals surface area contributed by atoms with Gasteiger partial charge in [0.25, 0.3) is 11.8 Å². The summed E-state index contributed by atoms with van der Waals surface area (Å²) in [4.78, 5) is 16.8. The van der Waals surface area contributed by atoms with Crippen molar-refractivity contribution >= 4 is 16.9 Å². The van der Waals surface area contributed by atoms with Crippen LogP contribution < -0.4 is 5.32 Å². The Morgan fingerprint density at radius 3 is 2.74 bits per heavy atom. The number of aromatic nitrogens is 3. The van der Waals surface area contributed by atoms with Crippen LogP contribution in [0, 0.1) is 12.8 Å². The molecule has 0 radical (unpaired) electrons. The van der Waals surface area contributed by atoms with Crippen molar-refractivity contribution in [2.45, 2.75) is 38.5 Å². The fraction of sp³-hybridized carbons (Fsp3) is 0.333. The van der Waals surface area contributed by atoms with Crippen molar-refractivity contribution in [3.63, 3.8) is 0 Å². The molecule has 158 valence electrons. The molecule has 1 fully saturated rings. The van der Waals surface area contributed by atoms with Crippen molar-refractivity contribution in [1.82, 2.24) is 20.5 Å². The van der Waals surface area contributed by atoms with Gasteiger partial charge < -0.3 is 14.2 Å². The first-order valence-electron chi connectivity index (χ1n) is 10.7. The molecule has 0 unspecified atom stereocenters. The lowest BCUT2D eigenvalue weighted by Gasteiger charge is -2.26. The van der Waals surface area contributed by atoms with Crippen LogP contribution in [0.2, 0.25) is 0 Å². The number of benzene rings is 1. The highest BCUT2D eigenvalue weighted by Crippen LogP contribution is 2.35. The van der Waals surface area contributed by atoms with E-state index in [2.05, 4.69) is 20.5 Å². The second kappa shape index (κ2) is 8.34. The fourth-order valence-corrected chi connectivity index (χ4v) is 4.20. The van der Waals surface area contributed by atoms with Gasteiger partial charge in [-0.15, -0.1) is 10.2 Å². The Morgan fingerprint density at radius 1 is 1.06 bits per heavy atom. The van der Waals surface area contributed by atoms with Gasteiger partial charge in [0.15, 0.2) is 5.76 Å². The van der Waals surface area contributed by atoms with E-state index in [4.69, 9.17) is 8.83 Å². The molecule has 0 saturated heterocycles. The number of pyridine rings is 1. The number of aryl methyl sites for hydroxylation is 1. The summed E-state index contributed by atoms with van der Waals surface area (Å²) in [6.07, 6.45) is 5.66. The number of nitrogens with one attached hydrogen (secondary N) is 1. The topological polar surface area (TPSA) is 94.1 Å². The van der Waals surface area contributed by atoms with E-state index >= 15 is 0 Å². The highest BCUT2D eigenvalue weighted by molar-refractivity contribution is 5.96. The van der Waals surface area contributed by atoms with E-state index in [1.165, 1.54) is 0 Å². The Labute approximate surface area is 179 Å². The van der Waals surface area contributed by atoms with E-state index in [0.717, 1.165) is 42.2 Å². The van der Waals surface area contributed by atoms with Crippen LogP contribution in [0.4, 0.5) is 0 Å². The van der Waals surface area contributed by atoms with Crippen molar-refractivity contribution in [1.29, 1.82) is 0 Å². The van der Waals surface area contributed by atoms with Crippen molar-refractivity contribution in [2.24, 2.45) is 5.92 Å². The van der Waals surface area contributed by atoms with Crippen LogP contribution >= 0.6 is 0 Å². The number of nitrogens with zero attached hydrogens (tertiary/aromatic N) is 3. The van der Waals surface area contributed by atoms with Crippen molar-refractivity contribution in [3.8, 4) is 11.6 Å². The first-order chi connectivity index (χ1) is 15.2. The maximum absolute atomic E-state index is 12.5. The third-order valence-corrected chi connectivity index (χ3v) is 5.97. The zero-order chi connectivity index (χ0) is 21.2. The molecule has 1 aliphatic rings. The quantitative estimate of drug-likeness (QED) is 0.498. The predicted octanol–water partition coefficient (Wildman–Crippen LogP) is 4.89. The van der Waals surface area contributed by atoms with E-state index < -0.39 is 0 Å². The van der Waals surface area contributed by atoms with Gasteiger partial charge in [-0.3, -0.25) is 9.78 Å². The Balaban J connectivity index is 1.14. The lowest BCUT2D eigenvalue weighted by atomic mass is 9.82. The molecule has 0 spiro atoms. The maximum atomic E-state index is 12.5. The summed E-state index contributed by atoms with van der Waals surface area (Å²) in [7, 11) is 0. The van der Waals surface area contributed by atoms with Gasteiger partial charge in [-0.1, -0.05) is 17.7 Å². The van der Waals surface area contributed by atoms with Gasteiger partial charge in [-0.25, -0.2) is 0 Å². The van der Waals surface area contributed by atoms with E-state index in [1.807, 2.05) is 49.4 Å². The van der Waals surface area contributed by atoms with Gasteiger partial charge in [0.1, 0.15) is 11.3 Å². The molecule has 31 heavy (non-hydrogen) atoms. The summed E-state index contributed by atoms with van der Waals surface area (Å²) in [6, 6.07) is 13.3. The highest BCUT2D eigenvalue weighted by Gasteiger charge is 2.27. The minimum absolute atomic E-state index is 0.159. The van der Waals surface area contributed by atoms with Crippen LogP contribution in [-0.4, -0.2) is 27.6 Å². The van der Waals surface area contributed by atoms with Gasteiger partial charge in [0.2, 0.25) is 5.89 Å². The Morgan fingerprint density at radius 2 is 1.94 bits per heavy atom. The second-order valence-corrected chi connectivity index (χ2v) is 8.24. The molecule has 1 N–H and O–H groups in total. The predicted molar refractivity (Wildman–Crippen MR) is 116 cm³/mol. The highest BCUT2D eigenvalue weighted by atomic mass is 16.4. The molecule has 0 aliphatic heterocycles. The SMILES string of the molecule is Cc1ccc2oc(C(=O)NCC3CCC(c4nnc(-c5ccccn5)o4)CC3)cc2c1. The van der Waals surface area contributed by atoms with Gasteiger partial charge >= 0.3 is 0 Å². The number of carbonyl (C=O) groups is 1. The van der Waals surface area contributed by atoms with Crippen molar-refractivity contribution < 1.29 is 13.6 Å². The van der Waals surface area contributed by atoms with Crippen LogP contribution in [-0.2, 0) is 0 Å². The average Bonchev–Trinajstić information content (AvgIpc) is 3.46. The number of amides is 1. The maximum Gasteiger partial charge on any atom is 0.287 e. The number of fused-ring (bicyclic) bond motifs is 1. The molecule has 0 bridgehead atoms. The largest absolute Gasteiger partial charge is 0.451 e. The van der Waals surface area contributed by atoms with Gasteiger partial charge in [0.05, 0.1) is 0 Å². The minimum atomic E-state index is -0.159. The first kappa shape index (κ1) is 19.5. The molecule has 5 rings (SSSR count). The monoisotopic (exact) mass is 416 g/mol. The lowest BCUT2D eigenvalue weighted by molar-refractivity contribution is 0.0916. The molecular formula is C24H24N4O3. The number of rotatable bonds is 5. The minimum Gasteiger partial charge on any atom is -0.451 e. The van der Waals surface area contributed by atoms with Crippen LogP contribution in [0.25, 0.3) is 22.6 Å². The summed E-state index contributed by atoms with van der Waals surface area (Å²) < 4.78 is 11.6. The fourth-order valence-electron chi connectivity index (χ4n) is 4.20. The van der Waals surface area contributed by atoms with Crippen LogP contribution in [0.1, 0.15) is 53.6 Å². The first-order valence-corrected chi connectivity index (χ1v) is 10.7. The van der Waals surface area contributed by atoms with Crippen LogP contribution in [0.3, 0.4) is 0 Å². The molecule has 1 aliphatic carbocycles. The second-order valence-electron chi connectivity index (χ2n) is 8.24. The summed E-state index contributed by atoms with van der Waals surface area (Å²) >= 11 is 0. The van der Waals surface area contributed by atoms with E-state index in [9.17, 15) is 4.79 Å². The Kier molecular flexibility index (Phi) is 5.24. The number of hydrogen-bond acceptors (Lipinski definition) is 6. The number of hydrogen-bond donors (Lipinski definition) is 1. The molecule has 7 heteroatoms. The molecule has 3 aromatic heterocycles. The molecule has 7 nitrogen and oxygen atoms in total. The number of carbonyl (C=O) groups excluding carboxylic acids is 1. The lowest BCUT2D eigenvalue weighted by Crippen LogP contribution is -2.30. The third kappa shape index (κ3) is 4.21. The zero-order valence-corrected chi connectivity index (χ0v) is 17.4. The van der Waals surface area contributed by atoms with Gasteiger partial charge in [-0.2, -0.15) is 0 Å². The Hall–Kier alpha value is -3.48. The molecule has 1 amide bonds. The zero-order valence-electron chi connectivity index (χ0n) is 17.4. The molecule has 3 heterocycles. The van der Waals surface area contributed by atoms with E-state index in [0.29, 0.717) is 35.7 Å². The van der Waals surface area contributed by atoms with Gasteiger partial charge in [0, 0.05) is 24.0 Å². The van der Waals surface area contributed by atoms with Crippen LogP contribution in [0.5, 0.6) is 0 Å². The van der Waals surface area contributed by atoms with Gasteiger partial charge in [-0.05, 0) is 68.9 Å². The van der Waals surface area contributed by atoms with Crippen LogP contribution in [0.15, 0.2) is 57.5 Å². The molecular weight excluding hydrogens is 392 g/mol.